The van der Waals surface area contributed by atoms with Crippen molar-refractivity contribution in [2.24, 2.45) is 0 Å². The van der Waals surface area contributed by atoms with Gasteiger partial charge in [0.25, 0.3) is 0 Å². The molecule has 0 saturated heterocycles. The standard InChI is InChI=1S/C16H19NO2/c1-4-12-5-7-13(8-6-12)17-14-9-15(18-2)11-16(10-14)19-3/h5-11,17H,4H2,1-3H3. The molecule has 0 bridgehead atoms. The maximum absolute atomic E-state index is 5.25. The molecule has 2 rings (SSSR count). The van der Waals surface area contributed by atoms with Crippen LogP contribution in [0.15, 0.2) is 42.5 Å². The Morgan fingerprint density at radius 1 is 0.842 bits per heavy atom. The Labute approximate surface area is 114 Å². The van der Waals surface area contributed by atoms with Crippen LogP contribution in [0.2, 0.25) is 0 Å². The molecule has 2 aromatic carbocycles. The first kappa shape index (κ1) is 13.3. The van der Waals surface area contributed by atoms with Gasteiger partial charge < -0.3 is 14.8 Å². The summed E-state index contributed by atoms with van der Waals surface area (Å²) >= 11 is 0. The van der Waals surface area contributed by atoms with Gasteiger partial charge in [-0.2, -0.15) is 0 Å². The predicted molar refractivity (Wildman–Crippen MR) is 78.6 cm³/mol. The minimum atomic E-state index is 0.770. The highest BCUT2D eigenvalue weighted by atomic mass is 16.5. The van der Waals surface area contributed by atoms with Crippen LogP contribution in [0.4, 0.5) is 11.4 Å². The molecule has 0 aliphatic heterocycles. The van der Waals surface area contributed by atoms with E-state index in [-0.39, 0.29) is 0 Å². The molecular weight excluding hydrogens is 238 g/mol. The predicted octanol–water partition coefficient (Wildman–Crippen LogP) is 4.01. The number of aryl methyl sites for hydroxylation is 1. The zero-order valence-electron chi connectivity index (χ0n) is 11.6. The third kappa shape index (κ3) is 3.41. The zero-order chi connectivity index (χ0) is 13.7. The molecule has 0 aromatic heterocycles. The molecule has 0 fully saturated rings. The van der Waals surface area contributed by atoms with E-state index in [4.69, 9.17) is 9.47 Å². The molecule has 0 atom stereocenters. The molecule has 0 heterocycles. The highest BCUT2D eigenvalue weighted by molar-refractivity contribution is 5.63. The summed E-state index contributed by atoms with van der Waals surface area (Å²) in [4.78, 5) is 0. The van der Waals surface area contributed by atoms with Gasteiger partial charge in [0, 0.05) is 29.6 Å². The van der Waals surface area contributed by atoms with Gasteiger partial charge >= 0.3 is 0 Å². The van der Waals surface area contributed by atoms with Gasteiger partial charge in [-0.1, -0.05) is 19.1 Å². The monoisotopic (exact) mass is 257 g/mol. The van der Waals surface area contributed by atoms with E-state index in [0.717, 1.165) is 29.3 Å². The summed E-state index contributed by atoms with van der Waals surface area (Å²) in [5, 5.41) is 3.34. The molecule has 2 aromatic rings. The number of ether oxygens (including phenoxy) is 2. The summed E-state index contributed by atoms with van der Waals surface area (Å²) in [6, 6.07) is 14.1. The minimum absolute atomic E-state index is 0.770. The van der Waals surface area contributed by atoms with E-state index in [1.165, 1.54) is 5.56 Å². The first-order chi connectivity index (χ1) is 9.25. The SMILES string of the molecule is CCc1ccc(Nc2cc(OC)cc(OC)c2)cc1. The second-order valence-electron chi connectivity index (χ2n) is 4.28. The molecule has 3 nitrogen and oxygen atoms in total. The van der Waals surface area contributed by atoms with Crippen LogP contribution in [0.5, 0.6) is 11.5 Å². The second-order valence-corrected chi connectivity index (χ2v) is 4.28. The largest absolute Gasteiger partial charge is 0.497 e. The van der Waals surface area contributed by atoms with Gasteiger partial charge in [0.1, 0.15) is 11.5 Å². The number of hydrogen-bond donors (Lipinski definition) is 1. The highest BCUT2D eigenvalue weighted by Gasteiger charge is 2.02. The zero-order valence-corrected chi connectivity index (χ0v) is 11.6. The number of benzene rings is 2. The Balaban J connectivity index is 2.21. The lowest BCUT2D eigenvalue weighted by Crippen LogP contribution is -1.94. The topological polar surface area (TPSA) is 30.5 Å². The molecule has 0 aliphatic rings. The van der Waals surface area contributed by atoms with E-state index >= 15 is 0 Å². The first-order valence-electron chi connectivity index (χ1n) is 6.34. The third-order valence-corrected chi connectivity index (χ3v) is 3.00. The lowest BCUT2D eigenvalue weighted by Gasteiger charge is -2.11. The normalized spacial score (nSPS) is 10.1. The third-order valence-electron chi connectivity index (χ3n) is 3.00. The van der Waals surface area contributed by atoms with Crippen molar-refractivity contribution in [1.29, 1.82) is 0 Å². The van der Waals surface area contributed by atoms with Gasteiger partial charge in [-0.15, -0.1) is 0 Å². The van der Waals surface area contributed by atoms with Crippen molar-refractivity contribution in [2.45, 2.75) is 13.3 Å². The highest BCUT2D eigenvalue weighted by Crippen LogP contribution is 2.28. The fourth-order valence-corrected chi connectivity index (χ4v) is 1.87. The van der Waals surface area contributed by atoms with Crippen LogP contribution < -0.4 is 14.8 Å². The lowest BCUT2D eigenvalue weighted by atomic mass is 10.1. The number of anilines is 2. The fraction of sp³-hybridized carbons (Fsp3) is 0.250. The molecule has 100 valence electrons. The molecule has 3 heteroatoms. The number of hydrogen-bond acceptors (Lipinski definition) is 3. The van der Waals surface area contributed by atoms with Crippen molar-refractivity contribution in [3.05, 3.63) is 48.0 Å². The quantitative estimate of drug-likeness (QED) is 0.877. The van der Waals surface area contributed by atoms with Crippen LogP contribution in [0.3, 0.4) is 0 Å². The molecule has 19 heavy (non-hydrogen) atoms. The smallest absolute Gasteiger partial charge is 0.124 e. The van der Waals surface area contributed by atoms with Crippen molar-refractivity contribution in [1.82, 2.24) is 0 Å². The van der Waals surface area contributed by atoms with E-state index < -0.39 is 0 Å². The molecule has 0 amide bonds. The Morgan fingerprint density at radius 2 is 1.42 bits per heavy atom. The van der Waals surface area contributed by atoms with Crippen LogP contribution in [-0.2, 0) is 6.42 Å². The summed E-state index contributed by atoms with van der Waals surface area (Å²) in [5.74, 6) is 1.54. The van der Waals surface area contributed by atoms with Gasteiger partial charge in [-0.25, -0.2) is 0 Å². The molecule has 0 radical (unpaired) electrons. The molecule has 1 N–H and O–H groups in total. The van der Waals surface area contributed by atoms with Crippen molar-refractivity contribution < 1.29 is 9.47 Å². The van der Waals surface area contributed by atoms with Gasteiger partial charge in [0.2, 0.25) is 0 Å². The van der Waals surface area contributed by atoms with Gasteiger partial charge in [0.15, 0.2) is 0 Å². The van der Waals surface area contributed by atoms with Crippen LogP contribution in [-0.4, -0.2) is 14.2 Å². The van der Waals surface area contributed by atoms with Crippen molar-refractivity contribution in [3.63, 3.8) is 0 Å². The summed E-state index contributed by atoms with van der Waals surface area (Å²) in [6.07, 6.45) is 1.05. The van der Waals surface area contributed by atoms with E-state index in [0.29, 0.717) is 0 Å². The van der Waals surface area contributed by atoms with E-state index in [1.807, 2.05) is 18.2 Å². The number of nitrogens with one attached hydrogen (secondary N) is 1. The van der Waals surface area contributed by atoms with Crippen molar-refractivity contribution >= 4 is 11.4 Å². The first-order valence-corrected chi connectivity index (χ1v) is 6.34. The number of rotatable bonds is 5. The molecular formula is C16H19NO2. The summed E-state index contributed by atoms with van der Waals surface area (Å²) < 4.78 is 10.5. The van der Waals surface area contributed by atoms with Crippen molar-refractivity contribution in [3.8, 4) is 11.5 Å². The van der Waals surface area contributed by atoms with Crippen LogP contribution in [0.1, 0.15) is 12.5 Å². The second kappa shape index (κ2) is 6.14. The number of methoxy groups -OCH3 is 2. The Hall–Kier alpha value is -2.16. The van der Waals surface area contributed by atoms with E-state index in [9.17, 15) is 0 Å². The molecule has 0 aliphatic carbocycles. The van der Waals surface area contributed by atoms with Crippen LogP contribution in [0, 0.1) is 0 Å². The summed E-state index contributed by atoms with van der Waals surface area (Å²) in [7, 11) is 3.29. The van der Waals surface area contributed by atoms with Crippen LogP contribution >= 0.6 is 0 Å². The maximum atomic E-state index is 5.25. The van der Waals surface area contributed by atoms with Gasteiger partial charge in [-0.3, -0.25) is 0 Å². The van der Waals surface area contributed by atoms with Gasteiger partial charge in [-0.05, 0) is 24.1 Å². The van der Waals surface area contributed by atoms with E-state index in [1.54, 1.807) is 14.2 Å². The Kier molecular flexibility index (Phi) is 4.29. The summed E-state index contributed by atoms with van der Waals surface area (Å²) in [5.41, 5.74) is 3.32. The molecule has 0 spiro atoms. The Morgan fingerprint density at radius 3 is 1.89 bits per heavy atom. The fourth-order valence-electron chi connectivity index (χ4n) is 1.87. The Bertz CT molecular complexity index is 513. The summed E-state index contributed by atoms with van der Waals surface area (Å²) in [6.45, 7) is 2.15. The maximum Gasteiger partial charge on any atom is 0.124 e. The van der Waals surface area contributed by atoms with Gasteiger partial charge in [0.05, 0.1) is 14.2 Å². The van der Waals surface area contributed by atoms with Crippen molar-refractivity contribution in [2.75, 3.05) is 19.5 Å². The molecule has 0 unspecified atom stereocenters. The van der Waals surface area contributed by atoms with E-state index in [2.05, 4.69) is 36.5 Å². The average molecular weight is 257 g/mol. The minimum Gasteiger partial charge on any atom is -0.497 e. The lowest BCUT2D eigenvalue weighted by molar-refractivity contribution is 0.395. The molecule has 0 saturated carbocycles. The van der Waals surface area contributed by atoms with Crippen LogP contribution in [0.25, 0.3) is 0 Å². The average Bonchev–Trinajstić information content (AvgIpc) is 2.47.